The summed E-state index contributed by atoms with van der Waals surface area (Å²) in [6.45, 7) is 5.87. The molecule has 1 aliphatic heterocycles. The smallest absolute Gasteiger partial charge is 0.369 e. The topological polar surface area (TPSA) is 100 Å². The number of amides is 1. The lowest BCUT2D eigenvalue weighted by Crippen LogP contribution is -2.26. The first-order valence-corrected chi connectivity index (χ1v) is 14.4. The van der Waals surface area contributed by atoms with Crippen molar-refractivity contribution in [3.8, 4) is 5.82 Å². The zero-order valence-corrected chi connectivity index (χ0v) is 24.0. The minimum absolute atomic E-state index is 0.0923. The number of benzene rings is 3. The van der Waals surface area contributed by atoms with Crippen molar-refractivity contribution in [2.75, 3.05) is 42.1 Å². The average Bonchev–Trinajstić information content (AvgIpc) is 3.66. The molecule has 6 rings (SSSR count). The Hall–Kier alpha value is -4.97. The van der Waals surface area contributed by atoms with Crippen LogP contribution in [-0.4, -0.2) is 56.5 Å². The van der Waals surface area contributed by atoms with Crippen molar-refractivity contribution >= 4 is 40.1 Å². The molecule has 5 aromatic rings. The van der Waals surface area contributed by atoms with Crippen molar-refractivity contribution in [2.24, 2.45) is 0 Å². The number of para-hydroxylation sites is 2. The van der Waals surface area contributed by atoms with Gasteiger partial charge in [0.05, 0.1) is 16.6 Å². The van der Waals surface area contributed by atoms with Crippen molar-refractivity contribution in [2.45, 2.75) is 25.9 Å². The number of nitrogens with one attached hydrogen (secondary N) is 3. The summed E-state index contributed by atoms with van der Waals surface area (Å²) in [5.41, 5.74) is 2.55. The minimum atomic E-state index is -4.54. The summed E-state index contributed by atoms with van der Waals surface area (Å²) in [6.07, 6.45) is -0.546. The SMILES string of the molecule is Cc1ccc(NC(=O)c2cccc(C(F)(F)F)c2)cc1Nc1nc2ccccc2n1-c1cc(NCCN2CCCC2)ncn1. The first-order valence-electron chi connectivity index (χ1n) is 14.4. The molecule has 0 spiro atoms. The number of aromatic nitrogens is 4. The highest BCUT2D eigenvalue weighted by atomic mass is 19.4. The van der Waals surface area contributed by atoms with Crippen LogP contribution in [0.25, 0.3) is 16.9 Å². The van der Waals surface area contributed by atoms with Crippen LogP contribution in [0.4, 0.5) is 36.3 Å². The van der Waals surface area contributed by atoms with Gasteiger partial charge in [-0.25, -0.2) is 15.0 Å². The molecule has 0 radical (unpaired) electrons. The Morgan fingerprint density at radius 3 is 2.59 bits per heavy atom. The number of alkyl halides is 3. The molecule has 0 bridgehead atoms. The third-order valence-corrected chi connectivity index (χ3v) is 7.57. The summed E-state index contributed by atoms with van der Waals surface area (Å²) in [4.78, 5) is 29.0. The van der Waals surface area contributed by atoms with E-state index in [0.717, 1.165) is 54.9 Å². The highest BCUT2D eigenvalue weighted by Crippen LogP contribution is 2.31. The Kier molecular flexibility index (Phi) is 8.16. The lowest BCUT2D eigenvalue weighted by Gasteiger charge is -2.16. The standard InChI is InChI=1S/C32H31F3N8O/c1-21-11-12-24(39-30(44)22-7-6-8-23(17-22)32(33,34)35)18-26(21)41-31-40-25-9-2-3-10-27(25)43(31)29-19-28(37-20-38-29)36-13-16-42-14-4-5-15-42/h2-3,6-12,17-20H,4-5,13-16H2,1H3,(H,39,44)(H,40,41)(H,36,37,38). The van der Waals surface area contributed by atoms with Crippen LogP contribution in [0.5, 0.6) is 0 Å². The normalized spacial score (nSPS) is 13.7. The van der Waals surface area contributed by atoms with Gasteiger partial charge in [0.2, 0.25) is 5.95 Å². The summed E-state index contributed by atoms with van der Waals surface area (Å²) in [7, 11) is 0. The van der Waals surface area contributed by atoms with Crippen LogP contribution < -0.4 is 16.0 Å². The number of rotatable bonds is 9. The van der Waals surface area contributed by atoms with Crippen LogP contribution in [-0.2, 0) is 6.18 Å². The minimum Gasteiger partial charge on any atom is -0.369 e. The van der Waals surface area contributed by atoms with Gasteiger partial charge in [0.15, 0.2) is 0 Å². The Labute approximate surface area is 252 Å². The number of aryl methyl sites for hydroxylation is 1. The van der Waals surface area contributed by atoms with Crippen molar-refractivity contribution < 1.29 is 18.0 Å². The zero-order valence-electron chi connectivity index (χ0n) is 24.0. The Balaban J connectivity index is 1.26. The van der Waals surface area contributed by atoms with E-state index in [-0.39, 0.29) is 5.56 Å². The second-order valence-corrected chi connectivity index (χ2v) is 10.7. The number of nitrogens with zero attached hydrogens (tertiary/aromatic N) is 5. The van der Waals surface area contributed by atoms with Crippen LogP contribution >= 0.6 is 0 Å². The number of fused-ring (bicyclic) bond motifs is 1. The van der Waals surface area contributed by atoms with Crippen molar-refractivity contribution in [3.05, 3.63) is 95.8 Å². The molecule has 9 nitrogen and oxygen atoms in total. The van der Waals surface area contributed by atoms with E-state index >= 15 is 0 Å². The summed E-state index contributed by atoms with van der Waals surface area (Å²) < 4.78 is 41.4. The second-order valence-electron chi connectivity index (χ2n) is 10.7. The van der Waals surface area contributed by atoms with Crippen molar-refractivity contribution in [1.29, 1.82) is 0 Å². The van der Waals surface area contributed by atoms with Crippen molar-refractivity contribution in [3.63, 3.8) is 0 Å². The maximum absolute atomic E-state index is 13.2. The molecule has 3 aromatic carbocycles. The van der Waals surface area contributed by atoms with Gasteiger partial charge >= 0.3 is 6.18 Å². The molecular weight excluding hydrogens is 569 g/mol. The number of hydrogen-bond acceptors (Lipinski definition) is 7. The molecule has 2 aromatic heterocycles. The molecule has 44 heavy (non-hydrogen) atoms. The number of anilines is 4. The fraction of sp³-hybridized carbons (Fsp3) is 0.250. The quantitative estimate of drug-likeness (QED) is 0.174. The first-order chi connectivity index (χ1) is 21.2. The van der Waals surface area contributed by atoms with Gasteiger partial charge in [-0.2, -0.15) is 13.2 Å². The van der Waals surface area contributed by atoms with Crippen LogP contribution in [0.3, 0.4) is 0 Å². The fourth-order valence-corrected chi connectivity index (χ4v) is 5.25. The largest absolute Gasteiger partial charge is 0.416 e. The van der Waals surface area contributed by atoms with Crippen LogP contribution in [0.2, 0.25) is 0 Å². The van der Waals surface area contributed by atoms with E-state index in [9.17, 15) is 18.0 Å². The number of likely N-dealkylation sites (tertiary alicyclic amines) is 1. The maximum Gasteiger partial charge on any atom is 0.416 e. The lowest BCUT2D eigenvalue weighted by atomic mass is 10.1. The van der Waals surface area contributed by atoms with Gasteiger partial charge in [0, 0.05) is 36.1 Å². The molecule has 0 saturated carbocycles. The van der Waals surface area contributed by atoms with Crippen LogP contribution in [0, 0.1) is 6.92 Å². The molecule has 0 aliphatic carbocycles. The molecule has 3 N–H and O–H groups in total. The van der Waals surface area contributed by atoms with E-state index in [1.165, 1.54) is 31.3 Å². The van der Waals surface area contributed by atoms with E-state index < -0.39 is 17.6 Å². The summed E-state index contributed by atoms with van der Waals surface area (Å²) >= 11 is 0. The van der Waals surface area contributed by atoms with Crippen molar-refractivity contribution in [1.82, 2.24) is 24.4 Å². The van der Waals surface area contributed by atoms with Gasteiger partial charge in [-0.1, -0.05) is 24.3 Å². The monoisotopic (exact) mass is 600 g/mol. The maximum atomic E-state index is 13.2. The predicted molar refractivity (Wildman–Crippen MR) is 165 cm³/mol. The molecule has 1 amide bonds. The number of imidazole rings is 1. The highest BCUT2D eigenvalue weighted by molar-refractivity contribution is 6.04. The fourth-order valence-electron chi connectivity index (χ4n) is 5.25. The summed E-state index contributed by atoms with van der Waals surface area (Å²) in [5.74, 6) is 1.17. The van der Waals surface area contributed by atoms with Crippen LogP contribution in [0.15, 0.2) is 79.1 Å². The van der Waals surface area contributed by atoms with Gasteiger partial charge in [-0.3, -0.25) is 9.36 Å². The van der Waals surface area contributed by atoms with Gasteiger partial charge in [0.1, 0.15) is 18.0 Å². The molecule has 12 heteroatoms. The molecule has 1 saturated heterocycles. The zero-order chi connectivity index (χ0) is 30.7. The molecule has 3 heterocycles. The Bertz CT molecular complexity index is 1800. The number of halogens is 3. The Morgan fingerprint density at radius 2 is 1.77 bits per heavy atom. The first kappa shape index (κ1) is 29.1. The third-order valence-electron chi connectivity index (χ3n) is 7.57. The summed E-state index contributed by atoms with van der Waals surface area (Å²) in [6, 6.07) is 19.1. The number of carbonyl (C=O) groups excluding carboxylic acids is 1. The van der Waals surface area contributed by atoms with Gasteiger partial charge in [-0.05, 0) is 80.9 Å². The highest BCUT2D eigenvalue weighted by Gasteiger charge is 2.31. The van der Waals surface area contributed by atoms with E-state index in [0.29, 0.717) is 29.0 Å². The molecule has 1 aliphatic rings. The molecule has 0 atom stereocenters. The number of carbonyl (C=O) groups is 1. The molecule has 226 valence electrons. The van der Waals surface area contributed by atoms with E-state index in [4.69, 9.17) is 4.98 Å². The summed E-state index contributed by atoms with van der Waals surface area (Å²) in [5, 5.41) is 9.48. The second kappa shape index (κ2) is 12.3. The predicted octanol–water partition coefficient (Wildman–Crippen LogP) is 6.65. The van der Waals surface area contributed by atoms with E-state index in [1.807, 2.05) is 47.9 Å². The van der Waals surface area contributed by atoms with Gasteiger partial charge in [0.25, 0.3) is 5.91 Å². The molecule has 1 fully saturated rings. The molecule has 0 unspecified atom stereocenters. The molecular formula is C32H31F3N8O. The third kappa shape index (κ3) is 6.50. The van der Waals surface area contributed by atoms with E-state index in [1.54, 1.807) is 12.1 Å². The lowest BCUT2D eigenvalue weighted by molar-refractivity contribution is -0.137. The van der Waals surface area contributed by atoms with Gasteiger partial charge < -0.3 is 20.9 Å². The van der Waals surface area contributed by atoms with Gasteiger partial charge in [-0.15, -0.1) is 0 Å². The van der Waals surface area contributed by atoms with Crippen LogP contribution in [0.1, 0.15) is 34.3 Å². The average molecular weight is 601 g/mol. The number of hydrogen-bond donors (Lipinski definition) is 3. The van der Waals surface area contributed by atoms with E-state index in [2.05, 4.69) is 30.8 Å². The Morgan fingerprint density at radius 1 is 0.955 bits per heavy atom.